The summed E-state index contributed by atoms with van der Waals surface area (Å²) in [6, 6.07) is 1.29. The molecule has 0 unspecified atom stereocenters. The topological polar surface area (TPSA) is 46.2 Å². The zero-order valence-electron chi connectivity index (χ0n) is 7.79. The molecule has 0 aliphatic rings. The number of carbonyl (C=O) groups is 1. The standard InChI is InChI=1S/C9H11O3S/c1-9(2,3)12-8(11)7-4-6(10)5-13-7/h4-5H,1-3H3. The van der Waals surface area contributed by atoms with Gasteiger partial charge in [-0.25, -0.2) is 4.79 Å². The maximum absolute atomic E-state index is 11.3. The van der Waals surface area contributed by atoms with Gasteiger partial charge in [0.1, 0.15) is 10.5 Å². The van der Waals surface area contributed by atoms with Gasteiger partial charge in [0.05, 0.1) is 0 Å². The molecule has 0 saturated carbocycles. The van der Waals surface area contributed by atoms with Crippen molar-refractivity contribution in [2.24, 2.45) is 0 Å². The van der Waals surface area contributed by atoms with E-state index in [0.29, 0.717) is 4.88 Å². The Morgan fingerprint density at radius 3 is 2.46 bits per heavy atom. The molecule has 0 fully saturated rings. The van der Waals surface area contributed by atoms with Crippen LogP contribution < -0.4 is 0 Å². The second-order valence-corrected chi connectivity index (χ2v) is 4.56. The van der Waals surface area contributed by atoms with E-state index in [1.807, 2.05) is 0 Å². The molecule has 0 aromatic carbocycles. The minimum atomic E-state index is -0.510. The lowest BCUT2D eigenvalue weighted by Crippen LogP contribution is -2.23. The molecule has 0 bridgehead atoms. The highest BCUT2D eigenvalue weighted by Crippen LogP contribution is 2.22. The van der Waals surface area contributed by atoms with Gasteiger partial charge < -0.3 is 4.74 Å². The fourth-order valence-corrected chi connectivity index (χ4v) is 1.39. The summed E-state index contributed by atoms with van der Waals surface area (Å²) in [7, 11) is 0. The predicted molar refractivity (Wildman–Crippen MR) is 49.6 cm³/mol. The number of hydrogen-bond donors (Lipinski definition) is 0. The molecule has 1 radical (unpaired) electrons. The van der Waals surface area contributed by atoms with E-state index in [4.69, 9.17) is 4.74 Å². The van der Waals surface area contributed by atoms with Crippen LogP contribution in [0.15, 0.2) is 11.4 Å². The number of esters is 1. The van der Waals surface area contributed by atoms with Gasteiger partial charge >= 0.3 is 5.97 Å². The van der Waals surface area contributed by atoms with Crippen molar-refractivity contribution in [3.8, 4) is 5.75 Å². The van der Waals surface area contributed by atoms with E-state index in [2.05, 4.69) is 0 Å². The van der Waals surface area contributed by atoms with Crippen LogP contribution in [0.2, 0.25) is 0 Å². The van der Waals surface area contributed by atoms with Gasteiger partial charge in [0.2, 0.25) is 0 Å². The fourth-order valence-electron chi connectivity index (χ4n) is 0.754. The zero-order valence-corrected chi connectivity index (χ0v) is 8.60. The molecule has 0 spiro atoms. The van der Waals surface area contributed by atoms with Crippen LogP contribution >= 0.6 is 11.3 Å². The molecule has 3 nitrogen and oxygen atoms in total. The first kappa shape index (κ1) is 10.1. The van der Waals surface area contributed by atoms with Gasteiger partial charge in [-0.1, -0.05) is 0 Å². The van der Waals surface area contributed by atoms with E-state index in [-0.39, 0.29) is 5.75 Å². The smallest absolute Gasteiger partial charge is 0.348 e. The number of rotatable bonds is 1. The van der Waals surface area contributed by atoms with E-state index in [0.717, 1.165) is 11.3 Å². The van der Waals surface area contributed by atoms with Gasteiger partial charge in [0.15, 0.2) is 5.75 Å². The van der Waals surface area contributed by atoms with Crippen LogP contribution in [0.1, 0.15) is 30.4 Å². The second kappa shape index (κ2) is 3.38. The Bertz CT molecular complexity index is 309. The van der Waals surface area contributed by atoms with Crippen molar-refractivity contribution >= 4 is 17.3 Å². The Hall–Kier alpha value is -1.03. The SMILES string of the molecule is CC(C)(C)OC(=O)c1cc([O])cs1. The molecule has 4 heteroatoms. The molecule has 13 heavy (non-hydrogen) atoms. The molecular weight excluding hydrogens is 188 g/mol. The van der Waals surface area contributed by atoms with E-state index in [1.54, 1.807) is 20.8 Å². The molecule has 1 aromatic heterocycles. The Morgan fingerprint density at radius 1 is 1.46 bits per heavy atom. The molecule has 0 aliphatic carbocycles. The predicted octanol–water partition coefficient (Wildman–Crippen LogP) is 2.85. The van der Waals surface area contributed by atoms with Gasteiger partial charge in [-0.05, 0) is 20.8 Å². The monoisotopic (exact) mass is 199 g/mol. The first-order chi connectivity index (χ1) is 5.88. The molecule has 1 heterocycles. The number of ether oxygens (including phenoxy) is 1. The van der Waals surface area contributed by atoms with Crippen molar-refractivity contribution in [3.63, 3.8) is 0 Å². The summed E-state index contributed by atoms with van der Waals surface area (Å²) in [4.78, 5) is 11.7. The van der Waals surface area contributed by atoms with Crippen LogP contribution in [0.25, 0.3) is 0 Å². The third-order valence-electron chi connectivity index (χ3n) is 1.18. The molecule has 0 N–H and O–H groups in total. The summed E-state index contributed by atoms with van der Waals surface area (Å²) in [6.45, 7) is 5.36. The minimum Gasteiger partial charge on any atom is -0.456 e. The third-order valence-corrected chi connectivity index (χ3v) is 2.06. The Kier molecular flexibility index (Phi) is 2.61. The molecule has 1 rings (SSSR count). The molecule has 0 atom stereocenters. The largest absolute Gasteiger partial charge is 0.456 e. The van der Waals surface area contributed by atoms with Crippen molar-refractivity contribution < 1.29 is 14.6 Å². The maximum Gasteiger partial charge on any atom is 0.348 e. The van der Waals surface area contributed by atoms with Gasteiger partial charge in [-0.15, -0.1) is 11.3 Å². The van der Waals surface area contributed by atoms with Crippen LogP contribution in [0.4, 0.5) is 0 Å². The highest BCUT2D eigenvalue weighted by atomic mass is 32.1. The van der Waals surface area contributed by atoms with Gasteiger partial charge in [-0.2, -0.15) is 0 Å². The van der Waals surface area contributed by atoms with Crippen LogP contribution in [-0.2, 0) is 9.84 Å². The van der Waals surface area contributed by atoms with E-state index < -0.39 is 11.6 Å². The summed E-state index contributed by atoms with van der Waals surface area (Å²) < 4.78 is 5.07. The van der Waals surface area contributed by atoms with E-state index in [9.17, 15) is 9.90 Å². The summed E-state index contributed by atoms with van der Waals surface area (Å²) in [6.07, 6.45) is 0. The fraction of sp³-hybridized carbons (Fsp3) is 0.444. The average molecular weight is 199 g/mol. The summed E-state index contributed by atoms with van der Waals surface area (Å²) in [5, 5.41) is 12.2. The summed E-state index contributed by atoms with van der Waals surface area (Å²) in [5.74, 6) is -0.578. The Labute approximate surface area is 81.0 Å². The third kappa shape index (κ3) is 3.06. The molecular formula is C9H11O3S. The average Bonchev–Trinajstić information content (AvgIpc) is 2.31. The van der Waals surface area contributed by atoms with Crippen molar-refractivity contribution in [2.75, 3.05) is 0 Å². The van der Waals surface area contributed by atoms with Crippen LogP contribution in [0.5, 0.6) is 5.75 Å². The highest BCUT2D eigenvalue weighted by molar-refractivity contribution is 7.12. The second-order valence-electron chi connectivity index (χ2n) is 3.65. The van der Waals surface area contributed by atoms with Crippen molar-refractivity contribution in [2.45, 2.75) is 26.4 Å². The van der Waals surface area contributed by atoms with E-state index in [1.165, 1.54) is 11.4 Å². The van der Waals surface area contributed by atoms with Crippen molar-refractivity contribution in [1.29, 1.82) is 0 Å². The minimum absolute atomic E-state index is 0.147. The van der Waals surface area contributed by atoms with Gasteiger partial charge in [0.25, 0.3) is 0 Å². The van der Waals surface area contributed by atoms with Gasteiger partial charge in [0, 0.05) is 11.4 Å². The molecule has 71 valence electrons. The Balaban J connectivity index is 2.70. The Morgan fingerprint density at radius 2 is 2.08 bits per heavy atom. The van der Waals surface area contributed by atoms with Crippen molar-refractivity contribution in [1.82, 2.24) is 0 Å². The molecule has 1 aromatic rings. The lowest BCUT2D eigenvalue weighted by Gasteiger charge is -2.18. The lowest BCUT2D eigenvalue weighted by atomic mass is 10.2. The summed E-state index contributed by atoms with van der Waals surface area (Å²) >= 11 is 1.11. The maximum atomic E-state index is 11.3. The van der Waals surface area contributed by atoms with Gasteiger partial charge in [-0.3, -0.25) is 5.11 Å². The highest BCUT2D eigenvalue weighted by Gasteiger charge is 2.19. The zero-order chi connectivity index (χ0) is 10.1. The van der Waals surface area contributed by atoms with Crippen LogP contribution in [0, 0.1) is 0 Å². The normalized spacial score (nSPS) is 11.3. The van der Waals surface area contributed by atoms with Crippen LogP contribution in [0.3, 0.4) is 0 Å². The first-order valence-corrected chi connectivity index (χ1v) is 4.75. The molecule has 0 saturated heterocycles. The van der Waals surface area contributed by atoms with E-state index >= 15 is 0 Å². The summed E-state index contributed by atoms with van der Waals surface area (Å²) in [5.41, 5.74) is -0.510. The molecule has 0 amide bonds. The number of thiophene rings is 1. The van der Waals surface area contributed by atoms with Crippen LogP contribution in [-0.4, -0.2) is 11.6 Å². The first-order valence-electron chi connectivity index (χ1n) is 3.87. The molecule has 0 aliphatic heterocycles. The number of carbonyl (C=O) groups excluding carboxylic acids is 1. The van der Waals surface area contributed by atoms with Crippen molar-refractivity contribution in [3.05, 3.63) is 16.3 Å². The lowest BCUT2D eigenvalue weighted by molar-refractivity contribution is 0.00748. The number of hydrogen-bond acceptors (Lipinski definition) is 3. The quantitative estimate of drug-likeness (QED) is 0.653.